The first-order valence-electron chi connectivity index (χ1n) is 5.47. The van der Waals surface area contributed by atoms with E-state index in [2.05, 4.69) is 17.2 Å². The van der Waals surface area contributed by atoms with E-state index in [-0.39, 0.29) is 12.6 Å². The van der Waals surface area contributed by atoms with E-state index in [1.165, 1.54) is 0 Å². The molecule has 0 radical (unpaired) electrons. The molecule has 1 rings (SSSR count). The van der Waals surface area contributed by atoms with Gasteiger partial charge in [-0.25, -0.2) is 4.79 Å². The van der Waals surface area contributed by atoms with Crippen molar-refractivity contribution in [3.63, 3.8) is 0 Å². The van der Waals surface area contributed by atoms with E-state index >= 15 is 0 Å². The molecule has 0 heterocycles. The Bertz CT molecular complexity index is 374. The van der Waals surface area contributed by atoms with Gasteiger partial charge in [0.1, 0.15) is 5.60 Å². The molecule has 0 bridgehead atoms. The van der Waals surface area contributed by atoms with Gasteiger partial charge in [0.2, 0.25) is 0 Å². The molecule has 92 valence electrons. The van der Waals surface area contributed by atoms with Gasteiger partial charge in [-0.1, -0.05) is 36.4 Å². The summed E-state index contributed by atoms with van der Waals surface area (Å²) in [4.78, 5) is 11.3. The van der Waals surface area contributed by atoms with Crippen molar-refractivity contribution in [1.29, 1.82) is 0 Å². The summed E-state index contributed by atoms with van der Waals surface area (Å²) < 4.78 is 0. The molecule has 4 heteroatoms. The van der Waals surface area contributed by atoms with E-state index in [4.69, 9.17) is 0 Å². The van der Waals surface area contributed by atoms with Gasteiger partial charge in [0.05, 0.1) is 6.54 Å². The maximum absolute atomic E-state index is 11.3. The Balaban J connectivity index is 2.50. The van der Waals surface area contributed by atoms with Crippen LogP contribution in [0.3, 0.4) is 0 Å². The Morgan fingerprint density at radius 1 is 1.41 bits per heavy atom. The van der Waals surface area contributed by atoms with Gasteiger partial charge in [0.25, 0.3) is 0 Å². The molecular formula is C13H18N2O2. The molecule has 17 heavy (non-hydrogen) atoms. The molecule has 0 aromatic heterocycles. The predicted octanol–water partition coefficient (Wildman–Crippen LogP) is 1.38. The third-order valence-corrected chi connectivity index (χ3v) is 2.40. The van der Waals surface area contributed by atoms with Gasteiger partial charge >= 0.3 is 6.03 Å². The van der Waals surface area contributed by atoms with Crippen LogP contribution in [0.5, 0.6) is 0 Å². The second kappa shape index (κ2) is 6.06. The molecule has 0 fully saturated rings. The molecule has 2 amide bonds. The van der Waals surface area contributed by atoms with E-state index in [0.717, 1.165) is 5.56 Å². The minimum absolute atomic E-state index is 0.153. The molecule has 1 aromatic carbocycles. The number of hydrogen-bond acceptors (Lipinski definition) is 2. The minimum atomic E-state index is -1.08. The van der Waals surface area contributed by atoms with Crippen LogP contribution in [0.2, 0.25) is 0 Å². The van der Waals surface area contributed by atoms with Crippen molar-refractivity contribution in [3.8, 4) is 0 Å². The average Bonchev–Trinajstić information content (AvgIpc) is 2.35. The van der Waals surface area contributed by atoms with Gasteiger partial charge < -0.3 is 15.7 Å². The smallest absolute Gasteiger partial charge is 0.315 e. The minimum Gasteiger partial charge on any atom is -0.384 e. The van der Waals surface area contributed by atoms with Crippen LogP contribution in [0, 0.1) is 0 Å². The molecule has 0 unspecified atom stereocenters. The first-order chi connectivity index (χ1) is 8.06. The Morgan fingerprint density at radius 2 is 2.06 bits per heavy atom. The van der Waals surface area contributed by atoms with Crippen LogP contribution in [-0.2, 0) is 5.60 Å². The molecule has 0 saturated carbocycles. The predicted molar refractivity (Wildman–Crippen MR) is 67.6 cm³/mol. The number of rotatable bonds is 5. The van der Waals surface area contributed by atoms with Crippen LogP contribution in [0.15, 0.2) is 43.0 Å². The first kappa shape index (κ1) is 13.3. The monoisotopic (exact) mass is 234 g/mol. The molecule has 0 spiro atoms. The van der Waals surface area contributed by atoms with Crippen molar-refractivity contribution in [2.24, 2.45) is 0 Å². The Labute approximate surface area is 101 Å². The van der Waals surface area contributed by atoms with Gasteiger partial charge in [0.15, 0.2) is 0 Å². The molecule has 0 saturated heterocycles. The fourth-order valence-electron chi connectivity index (χ4n) is 1.38. The molecule has 0 aliphatic heterocycles. The quantitative estimate of drug-likeness (QED) is 0.674. The summed E-state index contributed by atoms with van der Waals surface area (Å²) in [5.41, 5.74) is -0.309. The van der Waals surface area contributed by atoms with Gasteiger partial charge in [-0.05, 0) is 12.5 Å². The average molecular weight is 234 g/mol. The summed E-state index contributed by atoms with van der Waals surface area (Å²) in [5.74, 6) is 0. The zero-order chi connectivity index (χ0) is 12.7. The van der Waals surface area contributed by atoms with Gasteiger partial charge in [-0.15, -0.1) is 6.58 Å². The Hall–Kier alpha value is -1.81. The molecule has 1 aromatic rings. The third kappa shape index (κ3) is 4.28. The van der Waals surface area contributed by atoms with E-state index in [0.29, 0.717) is 6.54 Å². The third-order valence-electron chi connectivity index (χ3n) is 2.40. The molecule has 0 aliphatic rings. The number of amides is 2. The highest BCUT2D eigenvalue weighted by Crippen LogP contribution is 2.18. The van der Waals surface area contributed by atoms with Crippen LogP contribution >= 0.6 is 0 Å². The number of hydrogen-bond donors (Lipinski definition) is 3. The molecule has 3 N–H and O–H groups in total. The summed E-state index contributed by atoms with van der Waals surface area (Å²) in [6, 6.07) is 8.90. The molecule has 4 nitrogen and oxygen atoms in total. The van der Waals surface area contributed by atoms with Crippen molar-refractivity contribution < 1.29 is 9.90 Å². The normalized spacial score (nSPS) is 13.5. The Kier molecular flexibility index (Phi) is 4.72. The summed E-state index contributed by atoms with van der Waals surface area (Å²) in [6.45, 7) is 5.71. The fourth-order valence-corrected chi connectivity index (χ4v) is 1.38. The van der Waals surface area contributed by atoms with E-state index in [1.54, 1.807) is 13.0 Å². The summed E-state index contributed by atoms with van der Waals surface area (Å²) in [7, 11) is 0. The zero-order valence-electron chi connectivity index (χ0n) is 9.94. The number of nitrogens with one attached hydrogen (secondary N) is 2. The lowest BCUT2D eigenvalue weighted by atomic mass is 9.96. The van der Waals surface area contributed by atoms with Crippen molar-refractivity contribution in [2.75, 3.05) is 13.1 Å². The number of benzene rings is 1. The van der Waals surface area contributed by atoms with Crippen LogP contribution in [-0.4, -0.2) is 24.2 Å². The van der Waals surface area contributed by atoms with Crippen molar-refractivity contribution in [1.82, 2.24) is 10.6 Å². The lowest BCUT2D eigenvalue weighted by Crippen LogP contribution is -2.43. The maximum atomic E-state index is 11.3. The van der Waals surface area contributed by atoms with Crippen molar-refractivity contribution >= 4 is 6.03 Å². The standard InChI is InChI=1S/C13H18N2O2/c1-3-9-14-12(16)15-10-13(2,17)11-7-5-4-6-8-11/h3-8,17H,1,9-10H2,2H3,(H2,14,15,16)/t13-/m0/s1. The number of aliphatic hydroxyl groups is 1. The highest BCUT2D eigenvalue weighted by molar-refractivity contribution is 5.74. The Morgan fingerprint density at radius 3 is 2.65 bits per heavy atom. The molecular weight excluding hydrogens is 216 g/mol. The zero-order valence-corrected chi connectivity index (χ0v) is 9.94. The van der Waals surface area contributed by atoms with Crippen molar-refractivity contribution in [2.45, 2.75) is 12.5 Å². The fraction of sp³-hybridized carbons (Fsp3) is 0.308. The maximum Gasteiger partial charge on any atom is 0.315 e. The van der Waals surface area contributed by atoms with Gasteiger partial charge in [-0.2, -0.15) is 0 Å². The van der Waals surface area contributed by atoms with Gasteiger partial charge in [0, 0.05) is 6.54 Å². The van der Waals surface area contributed by atoms with Crippen LogP contribution in [0.25, 0.3) is 0 Å². The van der Waals surface area contributed by atoms with Crippen LogP contribution in [0.4, 0.5) is 4.79 Å². The summed E-state index contributed by atoms with van der Waals surface area (Å²) >= 11 is 0. The van der Waals surface area contributed by atoms with E-state index in [1.807, 2.05) is 30.3 Å². The second-order valence-electron chi connectivity index (χ2n) is 3.99. The molecule has 1 atom stereocenters. The van der Waals surface area contributed by atoms with E-state index < -0.39 is 5.60 Å². The number of urea groups is 1. The lowest BCUT2D eigenvalue weighted by molar-refractivity contribution is 0.0594. The van der Waals surface area contributed by atoms with Crippen molar-refractivity contribution in [3.05, 3.63) is 48.6 Å². The summed E-state index contributed by atoms with van der Waals surface area (Å²) in [6.07, 6.45) is 1.59. The first-order valence-corrected chi connectivity index (χ1v) is 5.47. The number of carbonyl (C=O) groups is 1. The lowest BCUT2D eigenvalue weighted by Gasteiger charge is -2.24. The topological polar surface area (TPSA) is 61.4 Å². The highest BCUT2D eigenvalue weighted by Gasteiger charge is 2.23. The van der Waals surface area contributed by atoms with E-state index in [9.17, 15) is 9.90 Å². The number of carbonyl (C=O) groups excluding carboxylic acids is 1. The second-order valence-corrected chi connectivity index (χ2v) is 3.99. The van der Waals surface area contributed by atoms with Gasteiger partial charge in [-0.3, -0.25) is 0 Å². The van der Waals surface area contributed by atoms with Crippen LogP contribution in [0.1, 0.15) is 12.5 Å². The molecule has 0 aliphatic carbocycles. The summed E-state index contributed by atoms with van der Waals surface area (Å²) in [5, 5.41) is 15.4. The van der Waals surface area contributed by atoms with Crippen LogP contribution < -0.4 is 10.6 Å². The highest BCUT2D eigenvalue weighted by atomic mass is 16.3. The SMILES string of the molecule is C=CCNC(=O)NC[C@](C)(O)c1ccccc1. The largest absolute Gasteiger partial charge is 0.384 e.